The molecule has 18 fully saturated rings. The number of phosphoric acid groups is 6. The summed E-state index contributed by atoms with van der Waals surface area (Å²) >= 11 is 0. The summed E-state index contributed by atoms with van der Waals surface area (Å²) in [6, 6.07) is 31.5. The highest BCUT2D eigenvalue weighted by atomic mass is 31.2. The summed E-state index contributed by atoms with van der Waals surface area (Å²) < 4.78 is 180. The average molecular weight is 1550 g/mol. The summed E-state index contributed by atoms with van der Waals surface area (Å²) in [7, 11) is -11.1. The lowest BCUT2D eigenvalue weighted by atomic mass is 10.0. The first kappa shape index (κ1) is 77.7. The third-order valence-electron chi connectivity index (χ3n) is 17.5. The van der Waals surface area contributed by atoms with Crippen molar-refractivity contribution in [3.8, 4) is 0 Å². The van der Waals surface area contributed by atoms with Crippen LogP contribution in [0.15, 0.2) is 109 Å². The van der Waals surface area contributed by atoms with Crippen LogP contribution in [0.3, 0.4) is 0 Å². The molecule has 0 N–H and O–H groups in total. The molecular formula is C60H75N3O33P6. The lowest BCUT2D eigenvalue weighted by Gasteiger charge is -2.49. The van der Waals surface area contributed by atoms with Gasteiger partial charge in [-0.25, -0.2) is 46.6 Å². The highest BCUT2D eigenvalue weighted by Gasteiger charge is 2.58. The minimum Gasteiger partial charge on any atom is -0.465 e. The Hall–Kier alpha value is -5.35. The summed E-state index contributed by atoms with van der Waals surface area (Å²) in [4.78, 5) is 64.4. The van der Waals surface area contributed by atoms with Gasteiger partial charge in [0.05, 0.1) is 94.4 Å². The van der Waals surface area contributed by atoms with Crippen molar-refractivity contribution in [1.82, 2.24) is 9.80 Å². The van der Waals surface area contributed by atoms with Crippen LogP contribution in [0.4, 0.5) is 5.69 Å². The fraction of sp³-hybridized carbons (Fsp3) is 0.517. The first-order valence-electron chi connectivity index (χ1n) is 31.2. The van der Waals surface area contributed by atoms with E-state index in [2.05, 4.69) is 9.64 Å². The van der Waals surface area contributed by atoms with Gasteiger partial charge in [0.1, 0.15) is 70.5 Å². The Morgan fingerprint density at radius 1 is 0.343 bits per heavy atom. The van der Waals surface area contributed by atoms with Crippen LogP contribution >= 0.6 is 46.9 Å². The van der Waals surface area contributed by atoms with Crippen molar-refractivity contribution in [2.75, 3.05) is 159 Å². The number of para-hydroxylation sites is 1. The highest BCUT2D eigenvalue weighted by molar-refractivity contribution is 7.50. The maximum absolute atomic E-state index is 12.2. The van der Waals surface area contributed by atoms with Gasteiger partial charge in [-0.2, -0.15) is 0 Å². The minimum absolute atomic E-state index is 0.0296. The Labute approximate surface area is 585 Å². The molecule has 4 aromatic rings. The predicted molar refractivity (Wildman–Crippen MR) is 348 cm³/mol. The molecule has 22 rings (SSSR count). The lowest BCUT2D eigenvalue weighted by molar-refractivity contribution is -0.156. The summed E-state index contributed by atoms with van der Waals surface area (Å²) in [5.74, 6) is -2.28. The number of nitrogens with zero attached hydrogens (tertiary/aromatic N) is 3. The van der Waals surface area contributed by atoms with Crippen molar-refractivity contribution in [2.24, 2.45) is 0 Å². The first-order valence-corrected chi connectivity index (χ1v) is 39.9. The molecule has 18 aliphatic heterocycles. The van der Waals surface area contributed by atoms with E-state index < -0.39 is 93.2 Å². The number of carbonyl (C=O) groups is 5. The van der Waals surface area contributed by atoms with Crippen molar-refractivity contribution < 1.29 is 152 Å². The number of amides is 1. The molecule has 0 aromatic heterocycles. The van der Waals surface area contributed by atoms with Gasteiger partial charge in [0.15, 0.2) is 16.8 Å². The van der Waals surface area contributed by atoms with Gasteiger partial charge in [-0.3, -0.25) is 91.1 Å². The standard InChI is InChI=1S/C13H13O8P.C12H13O6P.C11H14NO4P.C11H11O6P.C7H12NO5P.C6H12NO4P/c1-17-11(14)9-3-2-4-10(5-9)12(15)21-13-6-18-22(16,19-7-13)20-8-13;1-9-3-2-4-10(5-9)11(13)18-12-6-15-19(14,16-7-12)17-8-12;1-12(10-5-3-2-4-6-10)11-7-14-17(13,15-8-11)16-9-11;12-10(9-4-2-1-3-5-9)17-11-6-14-18(13,15-7-11)16-8-11;1-6(9)8(2)7-3-11-14(10,12-4-7)13-5-7;1-7(2)6-3-9-12(8,10-4-6)11-5-6/h2-5H,6-8H2,1H3;2-5H,6-8H2,1H3;2-6H,7-9H2,1H3;1-5H,6-8H2;3-5H2,1-2H3;3-5H2,1-2H3. The van der Waals surface area contributed by atoms with Crippen LogP contribution in [0.25, 0.3) is 0 Å². The fourth-order valence-corrected chi connectivity index (χ4v) is 18.9. The quantitative estimate of drug-likeness (QED) is 0.0773. The summed E-state index contributed by atoms with van der Waals surface area (Å²) in [6.45, 7) is 6.36. The molecule has 1 amide bonds. The number of phosphoric ester groups is 6. The van der Waals surface area contributed by atoms with Crippen molar-refractivity contribution in [1.29, 1.82) is 0 Å². The first-order chi connectivity index (χ1) is 48.2. The van der Waals surface area contributed by atoms with Crippen LogP contribution in [0.5, 0.6) is 0 Å². The number of hydrogen-bond donors (Lipinski definition) is 0. The van der Waals surface area contributed by atoms with Gasteiger partial charge < -0.3 is 28.7 Å². The van der Waals surface area contributed by atoms with Gasteiger partial charge in [0.2, 0.25) is 5.91 Å². The number of aryl methyl sites for hydroxylation is 1. The van der Waals surface area contributed by atoms with Gasteiger partial charge in [-0.15, -0.1) is 0 Å². The molecule has 18 aliphatic rings. The molecule has 0 unspecified atom stereocenters. The second-order valence-electron chi connectivity index (χ2n) is 25.2. The van der Waals surface area contributed by atoms with Crippen LogP contribution in [-0.2, 0) is 133 Å². The maximum atomic E-state index is 12.2. The zero-order valence-corrected chi connectivity index (χ0v) is 61.5. The maximum Gasteiger partial charge on any atom is 0.475 e. The summed E-state index contributed by atoms with van der Waals surface area (Å²) in [5, 5.41) is 0. The Balaban J connectivity index is 0.000000124. The summed E-state index contributed by atoms with van der Waals surface area (Å²) in [6.07, 6.45) is 0. The van der Waals surface area contributed by atoms with E-state index in [9.17, 15) is 51.4 Å². The molecule has 18 saturated heterocycles. The lowest BCUT2D eigenvalue weighted by Crippen LogP contribution is -2.62. The molecule has 558 valence electrons. The molecule has 0 saturated carbocycles. The number of benzene rings is 4. The van der Waals surface area contributed by atoms with Crippen LogP contribution < -0.4 is 4.90 Å². The molecule has 42 heteroatoms. The van der Waals surface area contributed by atoms with E-state index in [0.29, 0.717) is 50.8 Å². The van der Waals surface area contributed by atoms with Gasteiger partial charge in [-0.1, -0.05) is 60.2 Å². The van der Waals surface area contributed by atoms with Crippen molar-refractivity contribution >= 4 is 82.4 Å². The van der Waals surface area contributed by atoms with E-state index in [1.54, 1.807) is 55.6 Å². The number of rotatable bonds is 11. The van der Waals surface area contributed by atoms with Gasteiger partial charge in [0, 0.05) is 26.7 Å². The fourth-order valence-electron chi connectivity index (χ4n) is 10.5. The smallest absolute Gasteiger partial charge is 0.465 e. The number of fused-ring (bicyclic) bond motifs is 18. The number of carbonyl (C=O) groups excluding carboxylic acids is 5. The Kier molecular flexibility index (Phi) is 23.5. The van der Waals surface area contributed by atoms with Crippen molar-refractivity contribution in [3.05, 3.63) is 137 Å². The number of anilines is 1. The van der Waals surface area contributed by atoms with Crippen molar-refractivity contribution in [3.63, 3.8) is 0 Å². The second-order valence-corrected chi connectivity index (χ2v) is 35.2. The normalized spacial score (nSPS) is 35.8. The third-order valence-corrected chi connectivity index (χ3v) is 25.5. The molecule has 0 spiro atoms. The molecule has 18 heterocycles. The number of ether oxygens (including phenoxy) is 4. The largest absolute Gasteiger partial charge is 0.475 e. The van der Waals surface area contributed by atoms with E-state index >= 15 is 0 Å². The van der Waals surface area contributed by atoms with E-state index in [-0.39, 0.29) is 107 Å². The Morgan fingerprint density at radius 2 is 0.618 bits per heavy atom. The van der Waals surface area contributed by atoms with Gasteiger partial charge in [0.25, 0.3) is 0 Å². The highest BCUT2D eigenvalue weighted by Crippen LogP contribution is 2.63. The number of hydrogen-bond acceptors (Lipinski definition) is 35. The van der Waals surface area contributed by atoms with Crippen LogP contribution in [0, 0.1) is 6.92 Å². The van der Waals surface area contributed by atoms with E-state index in [4.69, 9.17) is 95.6 Å². The minimum atomic E-state index is -3.46. The molecular weight excluding hydrogens is 1480 g/mol. The molecule has 4 aromatic carbocycles. The zero-order valence-electron chi connectivity index (χ0n) is 56.1. The number of likely N-dealkylation sites (N-methyl/N-ethyl adjacent to an activating group) is 3. The predicted octanol–water partition coefficient (Wildman–Crippen LogP) is 8.30. The van der Waals surface area contributed by atoms with E-state index in [1.165, 1.54) is 37.1 Å². The number of methoxy groups -OCH3 is 1. The molecule has 0 atom stereocenters. The molecule has 36 nitrogen and oxygen atoms in total. The molecule has 0 radical (unpaired) electrons. The van der Waals surface area contributed by atoms with E-state index in [0.717, 1.165) is 11.3 Å². The Bertz CT molecular complexity index is 3890. The summed E-state index contributed by atoms with van der Waals surface area (Å²) in [5.41, 5.74) is -1.06. The van der Waals surface area contributed by atoms with E-state index in [1.807, 2.05) is 75.4 Å². The zero-order chi connectivity index (χ0) is 73.1. The monoisotopic (exact) mass is 1550 g/mol. The Morgan fingerprint density at radius 3 is 0.941 bits per heavy atom. The topological polar surface area (TPSA) is 401 Å². The second kappa shape index (κ2) is 30.9. The molecule has 12 bridgehead atoms. The van der Waals surface area contributed by atoms with Crippen molar-refractivity contribution in [2.45, 2.75) is 47.3 Å². The molecule has 0 aliphatic carbocycles. The average Bonchev–Trinajstić information content (AvgIpc) is 1.63. The SMILES string of the molecule is CC(=O)N(C)C12COP(=O)(OC1)OC2.CN(C)C12COP(=O)(OC1)OC2.CN(c1ccccc1)C12COP(=O)(OC1)OC2.COC(=O)c1cccc(C(=O)OC23COP(=O)(OC2)OC3)c1.Cc1cccc(C(=O)OC23COP(=O)(OC2)OC3)c1.O=C(OC12COP(=O)(OC1)OC2)c1ccccc1. The van der Waals surface area contributed by atoms with Crippen LogP contribution in [-0.4, -0.2) is 227 Å². The van der Waals surface area contributed by atoms with Gasteiger partial charge >= 0.3 is 70.8 Å². The van der Waals surface area contributed by atoms with Crippen LogP contribution in [0.2, 0.25) is 0 Å². The van der Waals surface area contributed by atoms with Crippen LogP contribution in [0.1, 0.15) is 53.9 Å². The number of esters is 4. The third kappa shape index (κ3) is 17.8. The molecule has 102 heavy (non-hydrogen) atoms. The van der Waals surface area contributed by atoms with Gasteiger partial charge in [-0.05, 0) is 75.6 Å².